The first-order valence-corrected chi connectivity index (χ1v) is 7.07. The van der Waals surface area contributed by atoms with E-state index in [1.807, 2.05) is 0 Å². The summed E-state index contributed by atoms with van der Waals surface area (Å²) < 4.78 is 5.35. The van der Waals surface area contributed by atoms with E-state index in [4.69, 9.17) is 4.74 Å². The largest absolute Gasteiger partial charge is 0.381 e. The van der Waals surface area contributed by atoms with E-state index in [0.717, 1.165) is 25.0 Å². The van der Waals surface area contributed by atoms with Gasteiger partial charge in [-0.15, -0.1) is 0 Å². The van der Waals surface area contributed by atoms with Crippen molar-refractivity contribution in [2.45, 2.75) is 50.8 Å². The normalized spacial score (nSPS) is 19.4. The van der Waals surface area contributed by atoms with Gasteiger partial charge in [-0.25, -0.2) is 0 Å². The summed E-state index contributed by atoms with van der Waals surface area (Å²) in [5.74, 6) is 1.29. The lowest BCUT2D eigenvalue weighted by Gasteiger charge is -2.23. The maximum Gasteiger partial charge on any atom is 0.0476 e. The summed E-state index contributed by atoms with van der Waals surface area (Å²) in [6.45, 7) is 9.74. The molecule has 0 atom stereocenters. The first-order chi connectivity index (χ1) is 7.08. The van der Waals surface area contributed by atoms with E-state index in [1.165, 1.54) is 25.0 Å². The van der Waals surface area contributed by atoms with Gasteiger partial charge in [-0.2, -0.15) is 11.8 Å². The van der Waals surface area contributed by atoms with Gasteiger partial charge in [-0.05, 0) is 52.3 Å². The Balaban J connectivity index is 1.92. The monoisotopic (exact) mass is 231 g/mol. The van der Waals surface area contributed by atoms with Crippen molar-refractivity contribution in [2.24, 2.45) is 0 Å². The summed E-state index contributed by atoms with van der Waals surface area (Å²) in [5.41, 5.74) is 0.267. The third-order valence-electron chi connectivity index (χ3n) is 2.50. The van der Waals surface area contributed by atoms with Crippen molar-refractivity contribution in [1.82, 2.24) is 5.32 Å². The minimum absolute atomic E-state index is 0.267. The van der Waals surface area contributed by atoms with Crippen molar-refractivity contribution >= 4 is 11.8 Å². The van der Waals surface area contributed by atoms with Crippen LogP contribution in [-0.4, -0.2) is 36.3 Å². The Morgan fingerprint density at radius 1 is 1.27 bits per heavy atom. The molecule has 0 amide bonds. The lowest BCUT2D eigenvalue weighted by atomic mass is 10.1. The van der Waals surface area contributed by atoms with Crippen LogP contribution in [0.4, 0.5) is 0 Å². The quantitative estimate of drug-likeness (QED) is 0.735. The molecule has 0 aromatic carbocycles. The number of hydrogen-bond donors (Lipinski definition) is 1. The van der Waals surface area contributed by atoms with E-state index < -0.39 is 0 Å². The van der Waals surface area contributed by atoms with Gasteiger partial charge in [0.2, 0.25) is 0 Å². The fraction of sp³-hybridized carbons (Fsp3) is 1.00. The first kappa shape index (κ1) is 13.3. The number of nitrogens with one attached hydrogen (secondary N) is 1. The van der Waals surface area contributed by atoms with Gasteiger partial charge in [-0.1, -0.05) is 0 Å². The van der Waals surface area contributed by atoms with Crippen molar-refractivity contribution in [3.05, 3.63) is 0 Å². The number of ether oxygens (including phenoxy) is 1. The summed E-state index contributed by atoms with van der Waals surface area (Å²) in [6.07, 6.45) is 3.77. The van der Waals surface area contributed by atoms with E-state index in [9.17, 15) is 0 Å². The van der Waals surface area contributed by atoms with Gasteiger partial charge in [0.25, 0.3) is 0 Å². The van der Waals surface area contributed by atoms with Crippen LogP contribution < -0.4 is 5.32 Å². The topological polar surface area (TPSA) is 21.3 Å². The molecule has 1 rings (SSSR count). The predicted octanol–water partition coefficient (Wildman–Crippen LogP) is 2.68. The van der Waals surface area contributed by atoms with Crippen LogP contribution in [0.5, 0.6) is 0 Å². The number of hydrogen-bond acceptors (Lipinski definition) is 3. The Morgan fingerprint density at radius 3 is 2.53 bits per heavy atom. The second-order valence-electron chi connectivity index (χ2n) is 5.21. The number of thioether (sulfide) groups is 1. The van der Waals surface area contributed by atoms with Crippen molar-refractivity contribution in [3.8, 4) is 0 Å². The van der Waals surface area contributed by atoms with E-state index in [0.29, 0.717) is 0 Å². The summed E-state index contributed by atoms with van der Waals surface area (Å²) in [4.78, 5) is 0. The molecule has 1 fully saturated rings. The minimum Gasteiger partial charge on any atom is -0.381 e. The molecule has 0 aromatic heterocycles. The summed E-state index contributed by atoms with van der Waals surface area (Å²) >= 11 is 2.13. The van der Waals surface area contributed by atoms with Crippen LogP contribution in [0.2, 0.25) is 0 Å². The molecule has 0 radical (unpaired) electrons. The molecule has 0 aliphatic carbocycles. The van der Waals surface area contributed by atoms with Crippen molar-refractivity contribution in [2.75, 3.05) is 25.5 Å². The van der Waals surface area contributed by atoms with Crippen molar-refractivity contribution in [1.29, 1.82) is 0 Å². The zero-order chi connectivity index (χ0) is 11.1. The van der Waals surface area contributed by atoms with Gasteiger partial charge in [0, 0.05) is 24.0 Å². The van der Waals surface area contributed by atoms with Gasteiger partial charge < -0.3 is 10.1 Å². The summed E-state index contributed by atoms with van der Waals surface area (Å²) in [5, 5.41) is 4.38. The summed E-state index contributed by atoms with van der Waals surface area (Å²) in [7, 11) is 0. The highest BCUT2D eigenvalue weighted by Crippen LogP contribution is 2.22. The molecule has 1 heterocycles. The molecule has 90 valence electrons. The fourth-order valence-corrected chi connectivity index (χ4v) is 2.80. The van der Waals surface area contributed by atoms with E-state index in [-0.39, 0.29) is 5.54 Å². The van der Waals surface area contributed by atoms with Crippen LogP contribution in [0.15, 0.2) is 0 Å². The van der Waals surface area contributed by atoms with Crippen molar-refractivity contribution in [3.63, 3.8) is 0 Å². The molecule has 0 saturated carbocycles. The fourth-order valence-electron chi connectivity index (χ4n) is 1.63. The molecule has 1 aliphatic heterocycles. The molecule has 2 nitrogen and oxygen atoms in total. The lowest BCUT2D eigenvalue weighted by molar-refractivity contribution is 0.100. The van der Waals surface area contributed by atoms with Gasteiger partial charge in [-0.3, -0.25) is 0 Å². The Hall–Kier alpha value is 0.270. The van der Waals surface area contributed by atoms with Gasteiger partial charge >= 0.3 is 0 Å². The average molecular weight is 231 g/mol. The van der Waals surface area contributed by atoms with Crippen molar-refractivity contribution < 1.29 is 4.74 Å². The van der Waals surface area contributed by atoms with E-state index in [2.05, 4.69) is 37.8 Å². The van der Waals surface area contributed by atoms with Crippen LogP contribution >= 0.6 is 11.8 Å². The highest BCUT2D eigenvalue weighted by molar-refractivity contribution is 7.99. The predicted molar refractivity (Wildman–Crippen MR) is 68.7 cm³/mol. The third-order valence-corrected chi connectivity index (χ3v) is 3.97. The Labute approximate surface area is 98.5 Å². The van der Waals surface area contributed by atoms with Crippen LogP contribution in [0.25, 0.3) is 0 Å². The van der Waals surface area contributed by atoms with Gasteiger partial charge in [0.05, 0.1) is 0 Å². The molecule has 0 unspecified atom stereocenters. The smallest absolute Gasteiger partial charge is 0.0476 e. The SMILES string of the molecule is CC(C)(C)NCCCSC1CCOCC1. The summed E-state index contributed by atoms with van der Waals surface area (Å²) in [6, 6.07) is 0. The lowest BCUT2D eigenvalue weighted by Crippen LogP contribution is -2.36. The molecule has 0 aromatic rings. The van der Waals surface area contributed by atoms with Gasteiger partial charge in [0.1, 0.15) is 0 Å². The second kappa shape index (κ2) is 6.77. The molecule has 1 saturated heterocycles. The molecule has 1 aliphatic rings. The maximum atomic E-state index is 5.35. The van der Waals surface area contributed by atoms with Crippen LogP contribution in [-0.2, 0) is 4.74 Å². The average Bonchev–Trinajstić information content (AvgIpc) is 2.17. The van der Waals surface area contributed by atoms with E-state index >= 15 is 0 Å². The molecule has 0 bridgehead atoms. The van der Waals surface area contributed by atoms with Crippen LogP contribution in [0.3, 0.4) is 0 Å². The zero-order valence-corrected chi connectivity index (χ0v) is 11.2. The minimum atomic E-state index is 0.267. The van der Waals surface area contributed by atoms with Crippen LogP contribution in [0.1, 0.15) is 40.0 Å². The molecular formula is C12H25NOS. The highest BCUT2D eigenvalue weighted by Gasteiger charge is 2.13. The maximum absolute atomic E-state index is 5.35. The van der Waals surface area contributed by atoms with Crippen LogP contribution in [0, 0.1) is 0 Å². The second-order valence-corrected chi connectivity index (χ2v) is 6.62. The standard InChI is InChI=1S/C12H25NOS/c1-12(2,3)13-7-4-10-15-11-5-8-14-9-6-11/h11,13H,4-10H2,1-3H3. The molecule has 1 N–H and O–H groups in total. The van der Waals surface area contributed by atoms with E-state index in [1.54, 1.807) is 0 Å². The molecule has 3 heteroatoms. The molecule has 15 heavy (non-hydrogen) atoms. The zero-order valence-electron chi connectivity index (χ0n) is 10.3. The molecule has 0 spiro atoms. The first-order valence-electron chi connectivity index (χ1n) is 6.02. The Morgan fingerprint density at radius 2 is 1.93 bits per heavy atom. The number of rotatable bonds is 5. The highest BCUT2D eigenvalue weighted by atomic mass is 32.2. The third kappa shape index (κ3) is 7.20. The molecular weight excluding hydrogens is 206 g/mol. The Bertz CT molecular complexity index is 161. The van der Waals surface area contributed by atoms with Gasteiger partial charge in [0.15, 0.2) is 0 Å². The Kier molecular flexibility index (Phi) is 6.02.